The van der Waals surface area contributed by atoms with Crippen molar-refractivity contribution in [3.05, 3.63) is 24.2 Å². The zero-order valence-electron chi connectivity index (χ0n) is 14.2. The smallest absolute Gasteiger partial charge is 0.191 e. The maximum absolute atomic E-state index is 5.38. The molecule has 0 amide bonds. The number of thioether (sulfide) groups is 1. The molecule has 2 rings (SSSR count). The summed E-state index contributed by atoms with van der Waals surface area (Å²) in [6.45, 7) is 3.92. The largest absolute Gasteiger partial charge is 0.469 e. The van der Waals surface area contributed by atoms with Crippen LogP contribution in [-0.2, 0) is 6.42 Å². The Morgan fingerprint density at radius 3 is 2.83 bits per heavy atom. The van der Waals surface area contributed by atoms with Gasteiger partial charge in [-0.05, 0) is 31.2 Å². The summed E-state index contributed by atoms with van der Waals surface area (Å²) in [7, 11) is 0. The van der Waals surface area contributed by atoms with E-state index < -0.39 is 0 Å². The van der Waals surface area contributed by atoms with E-state index in [0.29, 0.717) is 11.3 Å². The lowest BCUT2D eigenvalue weighted by Crippen LogP contribution is -2.45. The Morgan fingerprint density at radius 1 is 1.39 bits per heavy atom. The van der Waals surface area contributed by atoms with Gasteiger partial charge in [0.1, 0.15) is 5.76 Å². The molecule has 1 unspecified atom stereocenters. The number of guanidine groups is 1. The quantitative estimate of drug-likeness (QED) is 0.373. The van der Waals surface area contributed by atoms with E-state index in [2.05, 4.69) is 23.8 Å². The summed E-state index contributed by atoms with van der Waals surface area (Å²) in [5.74, 6) is 1.97. The minimum absolute atomic E-state index is 0. The molecule has 0 aliphatic heterocycles. The highest BCUT2D eigenvalue weighted by molar-refractivity contribution is 14.0. The van der Waals surface area contributed by atoms with Gasteiger partial charge < -0.3 is 15.1 Å². The van der Waals surface area contributed by atoms with Crippen LogP contribution in [0.2, 0.25) is 0 Å². The van der Waals surface area contributed by atoms with Crippen molar-refractivity contribution >= 4 is 41.7 Å². The van der Waals surface area contributed by atoms with Crippen LogP contribution in [0.15, 0.2) is 27.8 Å². The highest BCUT2D eigenvalue weighted by Crippen LogP contribution is 2.17. The Balaban J connectivity index is 0.00000264. The van der Waals surface area contributed by atoms with Crippen molar-refractivity contribution in [3.63, 3.8) is 0 Å². The van der Waals surface area contributed by atoms with E-state index in [1.54, 1.807) is 6.26 Å². The molecule has 23 heavy (non-hydrogen) atoms. The molecule has 4 nitrogen and oxygen atoms in total. The molecule has 1 aromatic rings. The lowest BCUT2D eigenvalue weighted by atomic mass is 9.96. The molecule has 0 aromatic carbocycles. The van der Waals surface area contributed by atoms with Gasteiger partial charge in [-0.3, -0.25) is 4.99 Å². The third kappa shape index (κ3) is 8.33. The van der Waals surface area contributed by atoms with E-state index >= 15 is 0 Å². The average Bonchev–Trinajstić information content (AvgIpc) is 3.06. The number of aliphatic imine (C=N–C) groups is 1. The third-order valence-corrected chi connectivity index (χ3v) is 5.05. The second kappa shape index (κ2) is 12.1. The topological polar surface area (TPSA) is 49.6 Å². The maximum Gasteiger partial charge on any atom is 0.191 e. The summed E-state index contributed by atoms with van der Waals surface area (Å²) in [4.78, 5) is 4.75. The second-order valence-corrected chi connectivity index (χ2v) is 7.25. The van der Waals surface area contributed by atoms with Crippen molar-refractivity contribution in [1.29, 1.82) is 0 Å². The lowest BCUT2D eigenvalue weighted by Gasteiger charge is -2.25. The summed E-state index contributed by atoms with van der Waals surface area (Å²) >= 11 is 1.86. The molecular formula is C17H30IN3OS. The first-order chi connectivity index (χ1) is 10.8. The van der Waals surface area contributed by atoms with Crippen LogP contribution in [0.4, 0.5) is 0 Å². The molecule has 1 fully saturated rings. The Bertz CT molecular complexity index is 433. The summed E-state index contributed by atoms with van der Waals surface area (Å²) in [5, 5.41) is 7.62. The normalized spacial score (nSPS) is 17.4. The highest BCUT2D eigenvalue weighted by Gasteiger charge is 2.14. The molecule has 0 saturated heterocycles. The number of furan rings is 1. The fraction of sp³-hybridized carbons (Fsp3) is 0.706. The van der Waals surface area contributed by atoms with Crippen LogP contribution in [-0.4, -0.2) is 36.6 Å². The van der Waals surface area contributed by atoms with Crippen LogP contribution in [0.25, 0.3) is 0 Å². The maximum atomic E-state index is 5.38. The lowest BCUT2D eigenvalue weighted by molar-refractivity contribution is 0.409. The molecular weight excluding hydrogens is 421 g/mol. The number of rotatable bonds is 7. The number of hydrogen-bond acceptors (Lipinski definition) is 3. The van der Waals surface area contributed by atoms with Crippen molar-refractivity contribution in [1.82, 2.24) is 10.6 Å². The van der Waals surface area contributed by atoms with Gasteiger partial charge in [0, 0.05) is 24.3 Å². The summed E-state index contributed by atoms with van der Waals surface area (Å²) in [6.07, 6.45) is 11.3. The molecule has 132 valence electrons. The zero-order valence-corrected chi connectivity index (χ0v) is 17.4. The van der Waals surface area contributed by atoms with E-state index in [0.717, 1.165) is 31.2 Å². The highest BCUT2D eigenvalue weighted by atomic mass is 127. The molecule has 0 spiro atoms. The zero-order chi connectivity index (χ0) is 15.6. The Kier molecular flexibility index (Phi) is 10.8. The molecule has 0 radical (unpaired) electrons. The molecule has 1 aromatic heterocycles. The first-order valence-electron chi connectivity index (χ1n) is 8.38. The molecule has 0 bridgehead atoms. The molecule has 2 N–H and O–H groups in total. The minimum Gasteiger partial charge on any atom is -0.469 e. The van der Waals surface area contributed by atoms with Crippen molar-refractivity contribution in [2.24, 2.45) is 4.99 Å². The van der Waals surface area contributed by atoms with Crippen molar-refractivity contribution in [2.45, 2.75) is 56.7 Å². The van der Waals surface area contributed by atoms with Crippen LogP contribution < -0.4 is 10.6 Å². The van der Waals surface area contributed by atoms with Gasteiger partial charge in [-0.25, -0.2) is 0 Å². The first kappa shape index (κ1) is 20.7. The van der Waals surface area contributed by atoms with Crippen molar-refractivity contribution in [3.8, 4) is 0 Å². The number of halogens is 1. The summed E-state index contributed by atoms with van der Waals surface area (Å²) in [6, 6.07) is 4.53. The number of hydrogen-bond donors (Lipinski definition) is 2. The van der Waals surface area contributed by atoms with Gasteiger partial charge in [0.15, 0.2) is 5.96 Å². The molecule has 1 heterocycles. The third-order valence-electron chi connectivity index (χ3n) is 4.10. The van der Waals surface area contributed by atoms with Gasteiger partial charge in [0.2, 0.25) is 0 Å². The van der Waals surface area contributed by atoms with Gasteiger partial charge >= 0.3 is 0 Å². The monoisotopic (exact) mass is 451 g/mol. The molecule has 1 aliphatic rings. The Morgan fingerprint density at radius 2 is 2.17 bits per heavy atom. The number of nitrogens with one attached hydrogen (secondary N) is 2. The minimum atomic E-state index is 0. The van der Waals surface area contributed by atoms with Crippen LogP contribution >= 0.6 is 35.7 Å². The predicted octanol–water partition coefficient (Wildman–Crippen LogP) is 4.06. The van der Waals surface area contributed by atoms with Gasteiger partial charge in [-0.2, -0.15) is 11.8 Å². The summed E-state index contributed by atoms with van der Waals surface area (Å²) in [5.41, 5.74) is 0. The van der Waals surface area contributed by atoms with E-state index in [1.165, 1.54) is 32.1 Å². The fourth-order valence-corrected chi connectivity index (χ4v) is 2.87. The fourth-order valence-electron chi connectivity index (χ4n) is 2.65. The Hall–Kier alpha value is -0.370. The molecule has 1 atom stereocenters. The molecule has 1 aliphatic carbocycles. The van der Waals surface area contributed by atoms with Crippen LogP contribution in [0.3, 0.4) is 0 Å². The molecule has 6 heteroatoms. The van der Waals surface area contributed by atoms with E-state index in [9.17, 15) is 0 Å². The van der Waals surface area contributed by atoms with Gasteiger partial charge in [-0.15, -0.1) is 24.0 Å². The summed E-state index contributed by atoms with van der Waals surface area (Å²) < 4.78 is 5.38. The average molecular weight is 451 g/mol. The first-order valence-corrected chi connectivity index (χ1v) is 9.66. The van der Waals surface area contributed by atoms with Gasteiger partial charge in [0.25, 0.3) is 0 Å². The Labute approximate surface area is 161 Å². The standard InChI is InChI=1S/C17H29N3OS.HI/c1-14(22-2)13-19-17(20-15-7-4-3-5-8-15)18-11-10-16-9-6-12-21-16;/h6,9,12,14-15H,3-5,7-8,10-11,13H2,1-2H3,(H2,18,19,20);1H. The molecule has 1 saturated carbocycles. The van der Waals surface area contributed by atoms with Crippen LogP contribution in [0, 0.1) is 0 Å². The van der Waals surface area contributed by atoms with E-state index in [-0.39, 0.29) is 24.0 Å². The van der Waals surface area contributed by atoms with Crippen molar-refractivity contribution < 1.29 is 4.42 Å². The van der Waals surface area contributed by atoms with Crippen LogP contribution in [0.1, 0.15) is 44.8 Å². The van der Waals surface area contributed by atoms with Gasteiger partial charge in [0.05, 0.1) is 12.8 Å². The number of nitrogens with zero attached hydrogens (tertiary/aromatic N) is 1. The SMILES string of the molecule is CSC(C)CN=C(NCCc1ccco1)NC1CCCCC1.I. The van der Waals surface area contributed by atoms with Crippen molar-refractivity contribution in [2.75, 3.05) is 19.3 Å². The van der Waals surface area contributed by atoms with Gasteiger partial charge in [-0.1, -0.05) is 26.2 Å². The van der Waals surface area contributed by atoms with E-state index in [4.69, 9.17) is 9.41 Å². The predicted molar refractivity (Wildman–Crippen MR) is 111 cm³/mol. The van der Waals surface area contributed by atoms with E-state index in [1.807, 2.05) is 23.9 Å². The second-order valence-electron chi connectivity index (χ2n) is 5.97. The van der Waals surface area contributed by atoms with Crippen LogP contribution in [0.5, 0.6) is 0 Å².